The van der Waals surface area contributed by atoms with Gasteiger partial charge in [-0.25, -0.2) is 8.78 Å². The van der Waals surface area contributed by atoms with Crippen LogP contribution in [-0.4, -0.2) is 106 Å². The van der Waals surface area contributed by atoms with Crippen molar-refractivity contribution in [1.29, 1.82) is 0 Å². The second kappa shape index (κ2) is 12.0. The number of hydrogen-bond acceptors (Lipinski definition) is 11. The maximum Gasteiger partial charge on any atom is 0.254 e. The Kier molecular flexibility index (Phi) is 8.28. The van der Waals surface area contributed by atoms with Crippen molar-refractivity contribution in [2.75, 3.05) is 75.0 Å². The molecule has 0 aliphatic carbocycles. The van der Waals surface area contributed by atoms with E-state index in [0.717, 1.165) is 0 Å². The van der Waals surface area contributed by atoms with Gasteiger partial charge in [-0.2, -0.15) is 19.6 Å². The largest absolute Gasteiger partial charge is 0.463 e. The fourth-order valence-electron chi connectivity index (χ4n) is 4.54. The first-order chi connectivity index (χ1) is 19.7. The lowest BCUT2D eigenvalue weighted by Gasteiger charge is -2.37. The number of carbonyl (C=O) groups is 1. The van der Waals surface area contributed by atoms with Crippen LogP contribution in [0.3, 0.4) is 0 Å². The number of nitrogen functional groups attached to an aromatic ring is 1. The highest BCUT2D eigenvalue weighted by Gasteiger charge is 2.24. The van der Waals surface area contributed by atoms with E-state index >= 15 is 0 Å². The number of aromatic nitrogens is 4. The first-order valence-corrected chi connectivity index (χ1v) is 13.0. The predicted molar refractivity (Wildman–Crippen MR) is 147 cm³/mol. The van der Waals surface area contributed by atoms with Crippen molar-refractivity contribution in [3.8, 4) is 11.5 Å². The fraction of sp³-hybridized carbons (Fsp3) is 0.385. The molecule has 1 aliphatic heterocycles. The molecule has 0 saturated carbocycles. The average molecular weight is 572 g/mol. The first kappa shape index (κ1) is 28.2. The van der Waals surface area contributed by atoms with Crippen LogP contribution < -0.4 is 20.9 Å². The van der Waals surface area contributed by atoms with Gasteiger partial charge in [0.25, 0.3) is 5.91 Å². The number of nitrogens with one attached hydrogen (secondary N) is 1. The van der Waals surface area contributed by atoms with Crippen LogP contribution in [0.25, 0.3) is 17.1 Å². The minimum atomic E-state index is -1.17. The molecule has 1 atom stereocenters. The number of carbonyl (C=O) groups excluding carboxylic acids is 1. The summed E-state index contributed by atoms with van der Waals surface area (Å²) in [5, 5.41) is 25.1. The minimum Gasteiger partial charge on any atom is -0.463 e. The molecule has 5 N–H and O–H groups in total. The van der Waals surface area contributed by atoms with E-state index in [1.54, 1.807) is 29.4 Å². The van der Waals surface area contributed by atoms with Crippen LogP contribution in [0, 0.1) is 11.6 Å². The number of furan rings is 1. The van der Waals surface area contributed by atoms with E-state index in [2.05, 4.69) is 25.3 Å². The second-order valence-corrected chi connectivity index (χ2v) is 9.74. The van der Waals surface area contributed by atoms with Crippen molar-refractivity contribution >= 4 is 29.1 Å². The van der Waals surface area contributed by atoms with E-state index in [1.165, 1.54) is 10.6 Å². The highest BCUT2D eigenvalue weighted by Crippen LogP contribution is 2.25. The summed E-state index contributed by atoms with van der Waals surface area (Å²) in [6, 6.07) is 7.21. The summed E-state index contributed by atoms with van der Waals surface area (Å²) in [5.41, 5.74) is 7.07. The molecule has 0 spiro atoms. The molecule has 13 nitrogen and oxygen atoms in total. The van der Waals surface area contributed by atoms with Crippen molar-refractivity contribution in [2.45, 2.75) is 6.10 Å². The van der Waals surface area contributed by atoms with E-state index in [4.69, 9.17) is 15.3 Å². The number of rotatable bonds is 10. The smallest absolute Gasteiger partial charge is 0.254 e. The zero-order valence-electron chi connectivity index (χ0n) is 22.4. The van der Waals surface area contributed by atoms with Gasteiger partial charge in [0.2, 0.25) is 11.9 Å². The van der Waals surface area contributed by atoms with Crippen LogP contribution in [0.4, 0.5) is 26.4 Å². The molecule has 1 amide bonds. The standard InChI is InChI=1S/C26H31F2N9O4/c1-34(26-31-23-13-20(22-3-2-10-41-22)33-37(23)25(29)32-26)4-5-35-6-8-36(9-7-35)21-11-17(18(27)12-19(21)28)24(40)30-14-16(39)15-38/h2-3,10-13,16,38-39H,4-9,14-15H2,1H3,(H,30,40)(H2,29,31,32). The quantitative estimate of drug-likeness (QED) is 0.211. The number of nitrogens with zero attached hydrogens (tertiary/aromatic N) is 7. The molecule has 1 unspecified atom stereocenters. The molecule has 41 heavy (non-hydrogen) atoms. The van der Waals surface area contributed by atoms with Gasteiger partial charge < -0.3 is 35.5 Å². The number of benzene rings is 1. The van der Waals surface area contributed by atoms with E-state index in [-0.39, 0.29) is 23.7 Å². The normalized spacial score (nSPS) is 14.9. The zero-order chi connectivity index (χ0) is 29.1. The average Bonchev–Trinajstić information content (AvgIpc) is 3.65. The lowest BCUT2D eigenvalue weighted by molar-refractivity contribution is 0.0799. The molecule has 1 aromatic carbocycles. The number of anilines is 3. The van der Waals surface area contributed by atoms with Gasteiger partial charge in [0, 0.05) is 65.0 Å². The molecule has 0 bridgehead atoms. The molecule has 3 aromatic heterocycles. The van der Waals surface area contributed by atoms with Gasteiger partial charge in [-0.1, -0.05) is 0 Å². The Labute approximate surface area is 233 Å². The Morgan fingerprint density at radius 1 is 1.20 bits per heavy atom. The minimum absolute atomic E-state index is 0.128. The zero-order valence-corrected chi connectivity index (χ0v) is 22.4. The summed E-state index contributed by atoms with van der Waals surface area (Å²) in [5.74, 6) is -1.32. The number of aliphatic hydroxyl groups excluding tert-OH is 2. The molecule has 4 aromatic rings. The van der Waals surface area contributed by atoms with Crippen LogP contribution in [0.2, 0.25) is 0 Å². The predicted octanol–water partition coefficient (Wildman–Crippen LogP) is 0.586. The number of fused-ring (bicyclic) bond motifs is 1. The third kappa shape index (κ3) is 6.21. The molecule has 15 heteroatoms. The Hall–Kier alpha value is -4.34. The maximum absolute atomic E-state index is 14.7. The topological polar surface area (TPSA) is 162 Å². The highest BCUT2D eigenvalue weighted by molar-refractivity contribution is 5.95. The molecule has 1 aliphatic rings. The van der Waals surface area contributed by atoms with Crippen LogP contribution >= 0.6 is 0 Å². The van der Waals surface area contributed by atoms with Crippen molar-refractivity contribution in [3.05, 3.63) is 53.8 Å². The molecular formula is C26H31F2N9O4. The van der Waals surface area contributed by atoms with Gasteiger partial charge in [-0.05, 0) is 18.2 Å². The van der Waals surface area contributed by atoms with Gasteiger partial charge in [0.15, 0.2) is 11.4 Å². The van der Waals surface area contributed by atoms with Gasteiger partial charge in [-0.3, -0.25) is 9.69 Å². The Morgan fingerprint density at radius 3 is 2.68 bits per heavy atom. The van der Waals surface area contributed by atoms with E-state index in [9.17, 15) is 18.7 Å². The SMILES string of the molecule is CN(CCN1CCN(c2cc(C(=O)NCC(O)CO)c(F)cc2F)CC1)c1nc(N)n2nc(-c3ccco3)cc2n1. The number of hydrogen-bond donors (Lipinski definition) is 4. The van der Waals surface area contributed by atoms with Crippen LogP contribution in [0.5, 0.6) is 0 Å². The highest BCUT2D eigenvalue weighted by atomic mass is 19.1. The second-order valence-electron chi connectivity index (χ2n) is 9.74. The van der Waals surface area contributed by atoms with E-state index in [0.29, 0.717) is 68.4 Å². The number of likely N-dealkylation sites (N-methyl/N-ethyl adjacent to an activating group) is 1. The molecular weight excluding hydrogens is 540 g/mol. The number of amides is 1. The Morgan fingerprint density at radius 2 is 1.98 bits per heavy atom. The van der Waals surface area contributed by atoms with Crippen molar-refractivity contribution in [2.24, 2.45) is 0 Å². The Balaban J connectivity index is 1.18. The number of nitrogens with two attached hydrogens (primary N) is 1. The third-order valence-corrected chi connectivity index (χ3v) is 6.91. The number of halogens is 2. The van der Waals surface area contributed by atoms with Crippen LogP contribution in [0.15, 0.2) is 41.0 Å². The number of piperazine rings is 1. The monoisotopic (exact) mass is 571 g/mol. The molecule has 1 saturated heterocycles. The summed E-state index contributed by atoms with van der Waals surface area (Å²) >= 11 is 0. The van der Waals surface area contributed by atoms with Gasteiger partial charge in [0.05, 0.1) is 30.2 Å². The summed E-state index contributed by atoms with van der Waals surface area (Å²) in [6.07, 6.45) is 0.390. The summed E-state index contributed by atoms with van der Waals surface area (Å²) in [6.45, 7) is 2.65. The summed E-state index contributed by atoms with van der Waals surface area (Å²) in [4.78, 5) is 27.2. The lowest BCUT2D eigenvalue weighted by atomic mass is 10.1. The van der Waals surface area contributed by atoms with E-state index in [1.807, 2.05) is 11.9 Å². The molecule has 5 rings (SSSR count). The Bertz CT molecular complexity index is 1510. The molecule has 1 fully saturated rings. The summed E-state index contributed by atoms with van der Waals surface area (Å²) < 4.78 is 35.9. The van der Waals surface area contributed by atoms with Gasteiger partial charge >= 0.3 is 0 Å². The van der Waals surface area contributed by atoms with Crippen molar-refractivity contribution in [1.82, 2.24) is 29.8 Å². The maximum atomic E-state index is 14.7. The van der Waals surface area contributed by atoms with Crippen molar-refractivity contribution in [3.63, 3.8) is 0 Å². The summed E-state index contributed by atoms with van der Waals surface area (Å²) in [7, 11) is 1.87. The first-order valence-electron chi connectivity index (χ1n) is 13.0. The van der Waals surface area contributed by atoms with Crippen LogP contribution in [0.1, 0.15) is 10.4 Å². The molecule has 218 valence electrons. The van der Waals surface area contributed by atoms with Crippen LogP contribution in [-0.2, 0) is 0 Å². The van der Waals surface area contributed by atoms with E-state index < -0.39 is 30.3 Å². The van der Waals surface area contributed by atoms with Crippen molar-refractivity contribution < 1.29 is 28.2 Å². The fourth-order valence-corrected chi connectivity index (χ4v) is 4.54. The number of aliphatic hydroxyl groups is 2. The third-order valence-electron chi connectivity index (χ3n) is 6.91. The lowest BCUT2D eigenvalue weighted by Crippen LogP contribution is -2.48. The van der Waals surface area contributed by atoms with Gasteiger partial charge in [-0.15, -0.1) is 0 Å². The van der Waals surface area contributed by atoms with Gasteiger partial charge in [0.1, 0.15) is 17.3 Å². The molecule has 4 heterocycles. The molecule has 0 radical (unpaired) electrons.